The molecule has 27 heavy (non-hydrogen) atoms. The van der Waals surface area contributed by atoms with E-state index in [1.54, 1.807) is 10.9 Å². The van der Waals surface area contributed by atoms with Crippen LogP contribution < -0.4 is 5.32 Å². The summed E-state index contributed by atoms with van der Waals surface area (Å²) in [7, 11) is 1.89. The first-order valence-corrected chi connectivity index (χ1v) is 10.4. The standard InChI is InChI=1S/C21H28BrN3O2/c1-13(2)17-9-8-14(3)10-19(17)27-21(26)24-16-7-5-6-15(11-16)20-18(22)12-23-25(20)4/h5-7,11-14,17,19H,8-10H2,1-4H3,(H,24,26). The third kappa shape index (κ3) is 4.72. The van der Waals surface area contributed by atoms with Gasteiger partial charge >= 0.3 is 6.09 Å². The zero-order valence-corrected chi connectivity index (χ0v) is 18.0. The maximum atomic E-state index is 12.5. The molecule has 0 aliphatic heterocycles. The van der Waals surface area contributed by atoms with E-state index >= 15 is 0 Å². The summed E-state index contributed by atoms with van der Waals surface area (Å²) < 4.78 is 8.56. The molecular formula is C21H28BrN3O2. The van der Waals surface area contributed by atoms with Crippen LogP contribution in [0.5, 0.6) is 0 Å². The van der Waals surface area contributed by atoms with Crippen molar-refractivity contribution in [2.75, 3.05) is 5.32 Å². The Morgan fingerprint density at radius 1 is 1.37 bits per heavy atom. The number of benzene rings is 1. The van der Waals surface area contributed by atoms with Gasteiger partial charge in [0.2, 0.25) is 0 Å². The quantitative estimate of drug-likeness (QED) is 0.656. The van der Waals surface area contributed by atoms with Gasteiger partial charge in [0.05, 0.1) is 16.4 Å². The van der Waals surface area contributed by atoms with E-state index < -0.39 is 0 Å². The van der Waals surface area contributed by atoms with Crippen LogP contribution in [0.2, 0.25) is 0 Å². The van der Waals surface area contributed by atoms with Gasteiger partial charge in [-0.1, -0.05) is 39.3 Å². The topological polar surface area (TPSA) is 56.1 Å². The molecule has 3 rings (SSSR count). The van der Waals surface area contributed by atoms with Gasteiger partial charge in [-0.2, -0.15) is 5.10 Å². The van der Waals surface area contributed by atoms with E-state index in [1.165, 1.54) is 6.42 Å². The van der Waals surface area contributed by atoms with Gasteiger partial charge in [-0.3, -0.25) is 10.00 Å². The van der Waals surface area contributed by atoms with Crippen LogP contribution in [-0.4, -0.2) is 22.0 Å². The summed E-state index contributed by atoms with van der Waals surface area (Å²) in [6.07, 6.45) is 4.66. The number of anilines is 1. The fourth-order valence-electron chi connectivity index (χ4n) is 4.01. The Morgan fingerprint density at radius 2 is 2.15 bits per heavy atom. The SMILES string of the molecule is CC1CCC(C(C)C)C(OC(=O)Nc2cccc(-c3c(Br)cnn3C)c2)C1. The van der Waals surface area contributed by atoms with E-state index in [2.05, 4.69) is 47.1 Å². The summed E-state index contributed by atoms with van der Waals surface area (Å²) in [5, 5.41) is 7.15. The van der Waals surface area contributed by atoms with Crippen molar-refractivity contribution in [1.29, 1.82) is 0 Å². The van der Waals surface area contributed by atoms with E-state index in [9.17, 15) is 4.79 Å². The molecule has 1 heterocycles. The van der Waals surface area contributed by atoms with Crippen molar-refractivity contribution >= 4 is 27.7 Å². The Morgan fingerprint density at radius 3 is 2.81 bits per heavy atom. The number of amides is 1. The van der Waals surface area contributed by atoms with Crippen LogP contribution >= 0.6 is 15.9 Å². The summed E-state index contributed by atoms with van der Waals surface area (Å²) in [6.45, 7) is 6.66. The van der Waals surface area contributed by atoms with Crippen molar-refractivity contribution < 1.29 is 9.53 Å². The molecule has 0 radical (unpaired) electrons. The first kappa shape index (κ1) is 19.9. The minimum absolute atomic E-state index is 0.0110. The first-order chi connectivity index (χ1) is 12.8. The highest BCUT2D eigenvalue weighted by Gasteiger charge is 2.33. The van der Waals surface area contributed by atoms with Crippen LogP contribution in [0.3, 0.4) is 0 Å². The molecule has 0 bridgehead atoms. The number of hydrogen-bond acceptors (Lipinski definition) is 3. The minimum atomic E-state index is -0.374. The minimum Gasteiger partial charge on any atom is -0.446 e. The van der Waals surface area contributed by atoms with Crippen molar-refractivity contribution in [2.24, 2.45) is 24.8 Å². The molecule has 3 atom stereocenters. The number of aryl methyl sites for hydroxylation is 1. The number of carbonyl (C=O) groups excluding carboxylic acids is 1. The summed E-state index contributed by atoms with van der Waals surface area (Å²) in [5.74, 6) is 1.55. The Bertz CT molecular complexity index is 783. The van der Waals surface area contributed by atoms with Gasteiger partial charge in [0.15, 0.2) is 0 Å². The van der Waals surface area contributed by atoms with Crippen molar-refractivity contribution in [2.45, 2.75) is 46.1 Å². The predicted molar refractivity (Wildman–Crippen MR) is 112 cm³/mol. The molecular weight excluding hydrogens is 406 g/mol. The van der Waals surface area contributed by atoms with Crippen molar-refractivity contribution in [3.05, 3.63) is 34.9 Å². The molecule has 5 nitrogen and oxygen atoms in total. The highest BCUT2D eigenvalue weighted by Crippen LogP contribution is 2.35. The average Bonchev–Trinajstić information content (AvgIpc) is 2.93. The molecule has 1 N–H and O–H groups in total. The largest absolute Gasteiger partial charge is 0.446 e. The lowest BCUT2D eigenvalue weighted by atomic mass is 9.75. The predicted octanol–water partition coefficient (Wildman–Crippen LogP) is 5.86. The lowest BCUT2D eigenvalue weighted by Gasteiger charge is -2.36. The number of rotatable bonds is 4. The van der Waals surface area contributed by atoms with E-state index in [1.807, 2.05) is 31.3 Å². The third-order valence-corrected chi connectivity index (χ3v) is 6.08. The van der Waals surface area contributed by atoms with Crippen LogP contribution in [-0.2, 0) is 11.8 Å². The number of aromatic nitrogens is 2. The zero-order valence-electron chi connectivity index (χ0n) is 16.4. The Labute approximate surface area is 169 Å². The van der Waals surface area contributed by atoms with Crippen molar-refractivity contribution in [3.63, 3.8) is 0 Å². The van der Waals surface area contributed by atoms with Crippen molar-refractivity contribution in [1.82, 2.24) is 9.78 Å². The monoisotopic (exact) mass is 433 g/mol. The summed E-state index contributed by atoms with van der Waals surface area (Å²) in [5.41, 5.74) is 2.66. The molecule has 146 valence electrons. The molecule has 1 aliphatic carbocycles. The van der Waals surface area contributed by atoms with Crippen LogP contribution in [0.15, 0.2) is 34.9 Å². The Balaban J connectivity index is 1.70. The van der Waals surface area contributed by atoms with Gasteiger partial charge in [0.1, 0.15) is 6.10 Å². The van der Waals surface area contributed by atoms with Crippen LogP contribution in [0.4, 0.5) is 10.5 Å². The lowest BCUT2D eigenvalue weighted by molar-refractivity contribution is 0.0126. The second kappa shape index (κ2) is 8.46. The van der Waals surface area contributed by atoms with Gasteiger partial charge in [-0.05, 0) is 58.7 Å². The van der Waals surface area contributed by atoms with Gasteiger partial charge in [-0.15, -0.1) is 0 Å². The van der Waals surface area contributed by atoms with E-state index in [0.717, 1.165) is 34.3 Å². The summed E-state index contributed by atoms with van der Waals surface area (Å²) >= 11 is 3.53. The lowest BCUT2D eigenvalue weighted by Crippen LogP contribution is -2.36. The average molecular weight is 434 g/mol. The second-order valence-electron chi connectivity index (χ2n) is 7.94. The fraction of sp³-hybridized carbons (Fsp3) is 0.524. The molecule has 1 fully saturated rings. The number of halogens is 1. The molecule has 1 aromatic heterocycles. The Hall–Kier alpha value is -1.82. The fourth-order valence-corrected chi connectivity index (χ4v) is 4.59. The molecule has 1 amide bonds. The van der Waals surface area contributed by atoms with Gasteiger partial charge in [0, 0.05) is 18.3 Å². The second-order valence-corrected chi connectivity index (χ2v) is 8.79. The third-order valence-electron chi connectivity index (χ3n) is 5.50. The van der Waals surface area contributed by atoms with Crippen LogP contribution in [0.25, 0.3) is 11.3 Å². The summed E-state index contributed by atoms with van der Waals surface area (Å²) in [6, 6.07) is 7.73. The number of ether oxygens (including phenoxy) is 1. The number of carbonyl (C=O) groups is 1. The smallest absolute Gasteiger partial charge is 0.411 e. The maximum absolute atomic E-state index is 12.5. The molecule has 2 aromatic rings. The van der Waals surface area contributed by atoms with Gasteiger partial charge < -0.3 is 4.74 Å². The normalized spacial score (nSPS) is 22.7. The molecule has 6 heteroatoms. The van der Waals surface area contributed by atoms with E-state index in [-0.39, 0.29) is 12.2 Å². The maximum Gasteiger partial charge on any atom is 0.411 e. The number of hydrogen-bond donors (Lipinski definition) is 1. The molecule has 1 aromatic carbocycles. The highest BCUT2D eigenvalue weighted by molar-refractivity contribution is 9.10. The molecule has 0 saturated heterocycles. The van der Waals surface area contributed by atoms with Crippen LogP contribution in [0, 0.1) is 17.8 Å². The van der Waals surface area contributed by atoms with Gasteiger partial charge in [-0.25, -0.2) is 4.79 Å². The van der Waals surface area contributed by atoms with Crippen LogP contribution in [0.1, 0.15) is 40.0 Å². The summed E-state index contributed by atoms with van der Waals surface area (Å²) in [4.78, 5) is 12.5. The van der Waals surface area contributed by atoms with E-state index in [4.69, 9.17) is 4.74 Å². The van der Waals surface area contributed by atoms with E-state index in [0.29, 0.717) is 17.8 Å². The molecule has 1 aliphatic rings. The van der Waals surface area contributed by atoms with Crippen molar-refractivity contribution in [3.8, 4) is 11.3 Å². The zero-order chi connectivity index (χ0) is 19.6. The molecule has 3 unspecified atom stereocenters. The number of nitrogens with zero attached hydrogens (tertiary/aromatic N) is 2. The molecule has 1 saturated carbocycles. The molecule has 0 spiro atoms. The number of nitrogens with one attached hydrogen (secondary N) is 1. The highest BCUT2D eigenvalue weighted by atomic mass is 79.9. The van der Waals surface area contributed by atoms with Gasteiger partial charge in [0.25, 0.3) is 0 Å². The first-order valence-electron chi connectivity index (χ1n) is 9.60. The Kier molecular flexibility index (Phi) is 6.25.